The predicted octanol–water partition coefficient (Wildman–Crippen LogP) is -2.15. The number of hydrogen-bond acceptors (Lipinski definition) is 3. The quantitative estimate of drug-likeness (QED) is 0.412. The van der Waals surface area contributed by atoms with Gasteiger partial charge in [0.1, 0.15) is 0 Å². The van der Waals surface area contributed by atoms with Crippen molar-refractivity contribution >= 4 is 43.7 Å². The number of aliphatic hydroxyl groups is 1. The summed E-state index contributed by atoms with van der Waals surface area (Å²) in [6.45, 7) is 1.13. The van der Waals surface area contributed by atoms with Crippen LogP contribution >= 0.6 is 0 Å². The van der Waals surface area contributed by atoms with Crippen molar-refractivity contribution in [3.05, 3.63) is 0 Å². The molecule has 7 heavy (non-hydrogen) atoms. The SMILES string of the molecule is CC(O)C(=O)[O-].[Ca+2].[H-]. The van der Waals surface area contributed by atoms with Crippen LogP contribution in [0, 0.1) is 0 Å². The Labute approximate surface area is 72.8 Å². The Morgan fingerprint density at radius 1 is 2.00 bits per heavy atom. The fraction of sp³-hybridized carbons (Fsp3) is 0.667. The summed E-state index contributed by atoms with van der Waals surface area (Å²) in [6, 6.07) is 0. The second-order valence-corrected chi connectivity index (χ2v) is 0.995. The number of aliphatic hydroxyl groups excluding tert-OH is 1. The van der Waals surface area contributed by atoms with Gasteiger partial charge in [0.15, 0.2) is 0 Å². The van der Waals surface area contributed by atoms with Crippen molar-refractivity contribution < 1.29 is 16.4 Å². The molecule has 0 heterocycles. The molecule has 1 unspecified atom stereocenters. The monoisotopic (exact) mass is 130 g/mol. The van der Waals surface area contributed by atoms with Crippen molar-refractivity contribution in [2.24, 2.45) is 0 Å². The van der Waals surface area contributed by atoms with Crippen LogP contribution in [0.15, 0.2) is 0 Å². The minimum Gasteiger partial charge on any atom is -1.00 e. The van der Waals surface area contributed by atoms with E-state index in [4.69, 9.17) is 5.11 Å². The van der Waals surface area contributed by atoms with Crippen LogP contribution in [-0.4, -0.2) is 54.9 Å². The Hall–Kier alpha value is 0.690. The molecule has 1 N–H and O–H groups in total. The molecule has 0 bridgehead atoms. The normalized spacial score (nSPS) is 11.7. The third kappa shape index (κ3) is 6.69. The van der Waals surface area contributed by atoms with E-state index in [-0.39, 0.29) is 39.2 Å². The van der Waals surface area contributed by atoms with E-state index < -0.39 is 12.1 Å². The molecule has 0 aromatic carbocycles. The summed E-state index contributed by atoms with van der Waals surface area (Å²) >= 11 is 0. The van der Waals surface area contributed by atoms with Crippen LogP contribution < -0.4 is 5.11 Å². The maximum Gasteiger partial charge on any atom is 2.00 e. The molecule has 0 aliphatic heterocycles. The number of carbonyl (C=O) groups excluding carboxylic acids is 1. The standard InChI is InChI=1S/C3H6O3.Ca.H/c1-2(4)3(5)6;;/h2,4H,1H3,(H,5,6);;/q;+2;-1/p-1. The second-order valence-electron chi connectivity index (χ2n) is 0.995. The van der Waals surface area contributed by atoms with Gasteiger partial charge in [-0.2, -0.15) is 0 Å². The van der Waals surface area contributed by atoms with Crippen molar-refractivity contribution in [3.63, 3.8) is 0 Å². The summed E-state index contributed by atoms with van der Waals surface area (Å²) in [5, 5.41) is 17.3. The first-order valence-electron chi connectivity index (χ1n) is 1.53. The van der Waals surface area contributed by atoms with Gasteiger partial charge in [0.05, 0.1) is 12.1 Å². The molecule has 0 aliphatic rings. The van der Waals surface area contributed by atoms with Crippen LogP contribution in [-0.2, 0) is 4.79 Å². The van der Waals surface area contributed by atoms with E-state index in [0.717, 1.165) is 6.92 Å². The van der Waals surface area contributed by atoms with E-state index in [1.165, 1.54) is 0 Å². The smallest absolute Gasteiger partial charge is 1.00 e. The Morgan fingerprint density at radius 2 is 2.14 bits per heavy atom. The van der Waals surface area contributed by atoms with E-state index in [0.29, 0.717) is 0 Å². The van der Waals surface area contributed by atoms with Crippen LogP contribution in [0.3, 0.4) is 0 Å². The average Bonchev–Trinajstić information content (AvgIpc) is 1.36. The van der Waals surface area contributed by atoms with Crippen molar-refractivity contribution in [2.75, 3.05) is 0 Å². The molecule has 38 valence electrons. The molecule has 0 aromatic heterocycles. The van der Waals surface area contributed by atoms with Gasteiger partial charge in [0.2, 0.25) is 0 Å². The summed E-state index contributed by atoms with van der Waals surface area (Å²) in [7, 11) is 0. The van der Waals surface area contributed by atoms with Crippen LogP contribution in [0.4, 0.5) is 0 Å². The molecule has 4 heteroatoms. The van der Waals surface area contributed by atoms with E-state index in [9.17, 15) is 9.90 Å². The molecule has 0 aromatic rings. The zero-order chi connectivity index (χ0) is 5.15. The summed E-state index contributed by atoms with van der Waals surface area (Å²) < 4.78 is 0. The van der Waals surface area contributed by atoms with Gasteiger partial charge in [-0.05, 0) is 6.92 Å². The number of carboxylic acid groups (broad SMARTS) is 1. The largest absolute Gasteiger partial charge is 2.00 e. The first-order valence-corrected chi connectivity index (χ1v) is 1.53. The molecule has 3 nitrogen and oxygen atoms in total. The van der Waals surface area contributed by atoms with Crippen LogP contribution in [0.1, 0.15) is 8.35 Å². The Kier molecular flexibility index (Phi) is 7.35. The van der Waals surface area contributed by atoms with Gasteiger partial charge in [-0.15, -0.1) is 0 Å². The van der Waals surface area contributed by atoms with Crippen molar-refractivity contribution in [3.8, 4) is 0 Å². The van der Waals surface area contributed by atoms with E-state index in [1.54, 1.807) is 0 Å². The second kappa shape index (κ2) is 4.84. The van der Waals surface area contributed by atoms with Gasteiger partial charge >= 0.3 is 37.7 Å². The van der Waals surface area contributed by atoms with Crippen LogP contribution in [0.2, 0.25) is 0 Å². The molecule has 0 spiro atoms. The fourth-order valence-electron chi connectivity index (χ4n) is 0. The van der Waals surface area contributed by atoms with E-state index in [1.807, 2.05) is 0 Å². The summed E-state index contributed by atoms with van der Waals surface area (Å²) in [5.41, 5.74) is 0. The topological polar surface area (TPSA) is 60.4 Å². The molecule has 1 atom stereocenters. The molecular formula is C3H6CaO3. The Balaban J connectivity index is -0.000000125. The molecule has 0 saturated heterocycles. The molecule has 0 aliphatic carbocycles. The molecule has 0 fully saturated rings. The van der Waals surface area contributed by atoms with Crippen molar-refractivity contribution in [1.82, 2.24) is 0 Å². The number of carbonyl (C=O) groups is 1. The third-order valence-corrected chi connectivity index (χ3v) is 0.341. The maximum atomic E-state index is 9.34. The molecule has 0 saturated carbocycles. The van der Waals surface area contributed by atoms with Gasteiger partial charge in [-0.25, -0.2) is 0 Å². The minimum absolute atomic E-state index is 0. The zero-order valence-corrected chi connectivity index (χ0v) is 6.26. The molecule has 0 amide bonds. The zero-order valence-electron chi connectivity index (χ0n) is 5.05. The number of carboxylic acids is 1. The first kappa shape index (κ1) is 10.6. The van der Waals surface area contributed by atoms with Crippen molar-refractivity contribution in [1.29, 1.82) is 0 Å². The number of aliphatic carboxylic acids is 1. The Bertz CT molecular complexity index is 65.5. The molecular weight excluding hydrogens is 124 g/mol. The average molecular weight is 130 g/mol. The van der Waals surface area contributed by atoms with E-state index in [2.05, 4.69) is 0 Å². The van der Waals surface area contributed by atoms with E-state index >= 15 is 0 Å². The van der Waals surface area contributed by atoms with Gasteiger partial charge < -0.3 is 16.4 Å². The van der Waals surface area contributed by atoms with Gasteiger partial charge in [0.25, 0.3) is 0 Å². The summed E-state index contributed by atoms with van der Waals surface area (Å²) in [6.07, 6.45) is -1.34. The van der Waals surface area contributed by atoms with Crippen molar-refractivity contribution in [2.45, 2.75) is 13.0 Å². The summed E-state index contributed by atoms with van der Waals surface area (Å²) in [4.78, 5) is 9.34. The Morgan fingerprint density at radius 3 is 2.14 bits per heavy atom. The van der Waals surface area contributed by atoms with Gasteiger partial charge in [-0.1, -0.05) is 0 Å². The van der Waals surface area contributed by atoms with Gasteiger partial charge in [-0.3, -0.25) is 0 Å². The number of hydrogen-bond donors (Lipinski definition) is 1. The minimum atomic E-state index is -1.44. The molecule has 0 rings (SSSR count). The fourth-order valence-corrected chi connectivity index (χ4v) is 0. The maximum absolute atomic E-state index is 9.34. The van der Waals surface area contributed by atoms with Crippen LogP contribution in [0.5, 0.6) is 0 Å². The van der Waals surface area contributed by atoms with Gasteiger partial charge in [0, 0.05) is 0 Å². The third-order valence-electron chi connectivity index (χ3n) is 0.341. The first-order chi connectivity index (χ1) is 2.64. The van der Waals surface area contributed by atoms with Crippen LogP contribution in [0.25, 0.3) is 0 Å². The summed E-state index contributed by atoms with van der Waals surface area (Å²) in [5.74, 6) is -1.44. The molecule has 0 radical (unpaired) electrons. The predicted molar refractivity (Wildman–Crippen MR) is 23.6 cm³/mol. The number of rotatable bonds is 1.